The number of nitrogens with zero attached hydrogens (tertiary/aromatic N) is 1. The highest BCUT2D eigenvalue weighted by atomic mass is 16.4. The number of fused-ring (bicyclic) bond motifs is 1. The second kappa shape index (κ2) is 5.41. The largest absolute Gasteiger partial charge is 0.439 e. The number of aromatic nitrogens is 1. The molecule has 0 bridgehead atoms. The van der Waals surface area contributed by atoms with Gasteiger partial charge in [0.2, 0.25) is 5.89 Å². The molecule has 2 N–H and O–H groups in total. The van der Waals surface area contributed by atoms with Gasteiger partial charge in [0, 0.05) is 5.56 Å². The monoisotopic (exact) mass is 270 g/mol. The van der Waals surface area contributed by atoms with Crippen molar-refractivity contribution in [2.24, 2.45) is 11.7 Å². The van der Waals surface area contributed by atoms with Gasteiger partial charge in [0.05, 0.1) is 12.2 Å². The molecule has 3 heteroatoms. The topological polar surface area (TPSA) is 52.0 Å². The Hall–Kier alpha value is -1.61. The van der Waals surface area contributed by atoms with E-state index >= 15 is 0 Å². The van der Waals surface area contributed by atoms with Crippen LogP contribution in [0.3, 0.4) is 0 Å². The van der Waals surface area contributed by atoms with E-state index < -0.39 is 0 Å². The fraction of sp³-hybridized carbons (Fsp3) is 0.471. The van der Waals surface area contributed by atoms with Crippen LogP contribution in [-0.2, 0) is 12.8 Å². The zero-order valence-electron chi connectivity index (χ0n) is 12.2. The average Bonchev–Trinajstić information content (AvgIpc) is 3.06. The fourth-order valence-corrected chi connectivity index (χ4v) is 2.93. The predicted molar refractivity (Wildman–Crippen MR) is 80.3 cm³/mol. The summed E-state index contributed by atoms with van der Waals surface area (Å²) < 4.78 is 5.86. The van der Waals surface area contributed by atoms with Crippen molar-refractivity contribution in [3.8, 4) is 11.3 Å². The van der Waals surface area contributed by atoms with Crippen LogP contribution in [0.5, 0.6) is 0 Å². The molecule has 0 amide bonds. The zero-order chi connectivity index (χ0) is 14.1. The summed E-state index contributed by atoms with van der Waals surface area (Å²) in [6.45, 7) is 4.31. The Bertz CT molecular complexity index is 601. The molecule has 1 aliphatic carbocycles. The molecule has 1 atom stereocenters. The molecule has 1 aliphatic rings. The fourth-order valence-electron chi connectivity index (χ4n) is 2.93. The van der Waals surface area contributed by atoms with E-state index in [-0.39, 0.29) is 6.04 Å². The van der Waals surface area contributed by atoms with Crippen molar-refractivity contribution in [2.45, 2.75) is 45.6 Å². The summed E-state index contributed by atoms with van der Waals surface area (Å²) in [5.74, 6) is 2.02. The second-order valence-corrected chi connectivity index (χ2v) is 6.14. The number of nitrogens with two attached hydrogens (primary N) is 1. The molecule has 1 aromatic heterocycles. The maximum Gasteiger partial charge on any atom is 0.211 e. The first-order valence-corrected chi connectivity index (χ1v) is 7.47. The van der Waals surface area contributed by atoms with E-state index in [1.165, 1.54) is 30.4 Å². The maximum atomic E-state index is 6.12. The number of hydrogen-bond acceptors (Lipinski definition) is 3. The molecular weight excluding hydrogens is 248 g/mol. The predicted octanol–water partition coefficient (Wildman–Crippen LogP) is 3.88. The van der Waals surface area contributed by atoms with Gasteiger partial charge in [-0.25, -0.2) is 4.98 Å². The highest BCUT2D eigenvalue weighted by molar-refractivity contribution is 5.59. The Balaban J connectivity index is 1.83. The third kappa shape index (κ3) is 2.63. The van der Waals surface area contributed by atoms with E-state index in [2.05, 4.69) is 37.0 Å². The number of benzene rings is 1. The minimum Gasteiger partial charge on any atom is -0.439 e. The SMILES string of the molecule is CC(C)CC(N)c1ncc(-c2ccc3c(c2)CCC3)o1. The second-order valence-electron chi connectivity index (χ2n) is 6.14. The molecule has 1 aromatic carbocycles. The number of aryl methyl sites for hydroxylation is 2. The minimum absolute atomic E-state index is 0.113. The Labute approximate surface area is 120 Å². The summed E-state index contributed by atoms with van der Waals surface area (Å²) in [5, 5.41) is 0. The smallest absolute Gasteiger partial charge is 0.211 e. The summed E-state index contributed by atoms with van der Waals surface area (Å²) in [6, 6.07) is 6.47. The Morgan fingerprint density at radius 1 is 1.25 bits per heavy atom. The van der Waals surface area contributed by atoms with Crippen molar-refractivity contribution < 1.29 is 4.42 Å². The van der Waals surface area contributed by atoms with Crippen LogP contribution in [0.2, 0.25) is 0 Å². The van der Waals surface area contributed by atoms with Crippen molar-refractivity contribution >= 4 is 0 Å². The van der Waals surface area contributed by atoms with E-state index in [0.29, 0.717) is 11.8 Å². The molecule has 0 saturated heterocycles. The van der Waals surface area contributed by atoms with Gasteiger partial charge in [0.25, 0.3) is 0 Å². The van der Waals surface area contributed by atoms with Crippen LogP contribution in [0.4, 0.5) is 0 Å². The lowest BCUT2D eigenvalue weighted by Crippen LogP contribution is -2.13. The van der Waals surface area contributed by atoms with E-state index in [1.807, 2.05) is 0 Å². The van der Waals surface area contributed by atoms with Gasteiger partial charge in [-0.3, -0.25) is 0 Å². The molecule has 2 aromatic rings. The Morgan fingerprint density at radius 2 is 2.05 bits per heavy atom. The highest BCUT2D eigenvalue weighted by Gasteiger charge is 2.17. The molecule has 3 rings (SSSR count). The first-order valence-electron chi connectivity index (χ1n) is 7.47. The van der Waals surface area contributed by atoms with Crippen LogP contribution in [0.1, 0.15) is 49.7 Å². The molecule has 0 saturated carbocycles. The first-order chi connectivity index (χ1) is 9.63. The lowest BCUT2D eigenvalue weighted by atomic mass is 10.0. The molecular formula is C17H22N2O. The summed E-state index contributed by atoms with van der Waals surface area (Å²) >= 11 is 0. The van der Waals surface area contributed by atoms with Gasteiger partial charge in [0.1, 0.15) is 0 Å². The quantitative estimate of drug-likeness (QED) is 0.917. The van der Waals surface area contributed by atoms with Crippen molar-refractivity contribution in [3.63, 3.8) is 0 Å². The van der Waals surface area contributed by atoms with Crippen LogP contribution < -0.4 is 5.73 Å². The third-order valence-corrected chi connectivity index (χ3v) is 3.95. The lowest BCUT2D eigenvalue weighted by molar-refractivity contribution is 0.408. The number of hydrogen-bond donors (Lipinski definition) is 1. The number of oxazole rings is 1. The van der Waals surface area contributed by atoms with Crippen molar-refractivity contribution in [3.05, 3.63) is 41.4 Å². The van der Waals surface area contributed by atoms with Gasteiger partial charge < -0.3 is 10.2 Å². The van der Waals surface area contributed by atoms with E-state index in [9.17, 15) is 0 Å². The van der Waals surface area contributed by atoms with Crippen molar-refractivity contribution in [2.75, 3.05) is 0 Å². The minimum atomic E-state index is -0.113. The summed E-state index contributed by atoms with van der Waals surface area (Å²) in [6.07, 6.45) is 6.34. The van der Waals surface area contributed by atoms with Gasteiger partial charge in [-0.15, -0.1) is 0 Å². The van der Waals surface area contributed by atoms with E-state index in [4.69, 9.17) is 10.2 Å². The molecule has 1 heterocycles. The molecule has 0 aliphatic heterocycles. The van der Waals surface area contributed by atoms with Gasteiger partial charge in [-0.05, 0) is 48.8 Å². The van der Waals surface area contributed by atoms with Crippen molar-refractivity contribution in [1.29, 1.82) is 0 Å². The van der Waals surface area contributed by atoms with E-state index in [1.54, 1.807) is 6.20 Å². The van der Waals surface area contributed by atoms with Gasteiger partial charge in [-0.2, -0.15) is 0 Å². The Morgan fingerprint density at radius 3 is 2.85 bits per heavy atom. The summed E-state index contributed by atoms with van der Waals surface area (Å²) in [7, 11) is 0. The molecule has 106 valence electrons. The van der Waals surface area contributed by atoms with Crippen LogP contribution >= 0.6 is 0 Å². The van der Waals surface area contributed by atoms with E-state index in [0.717, 1.165) is 17.7 Å². The number of rotatable bonds is 4. The van der Waals surface area contributed by atoms with Gasteiger partial charge in [-0.1, -0.05) is 26.0 Å². The molecule has 0 spiro atoms. The maximum absolute atomic E-state index is 6.12. The normalized spacial score (nSPS) is 15.6. The van der Waals surface area contributed by atoms with Crippen LogP contribution in [0.15, 0.2) is 28.8 Å². The Kier molecular flexibility index (Phi) is 3.62. The third-order valence-electron chi connectivity index (χ3n) is 3.95. The average molecular weight is 270 g/mol. The molecule has 20 heavy (non-hydrogen) atoms. The van der Waals surface area contributed by atoms with Crippen LogP contribution in [0.25, 0.3) is 11.3 Å². The molecule has 3 nitrogen and oxygen atoms in total. The van der Waals surface area contributed by atoms with Gasteiger partial charge >= 0.3 is 0 Å². The van der Waals surface area contributed by atoms with Crippen molar-refractivity contribution in [1.82, 2.24) is 4.98 Å². The molecule has 1 unspecified atom stereocenters. The standard InChI is InChI=1S/C17H22N2O/c1-11(2)8-15(18)17-19-10-16(20-17)14-7-6-12-4-3-5-13(12)9-14/h6-7,9-11,15H,3-5,8,18H2,1-2H3. The lowest BCUT2D eigenvalue weighted by Gasteiger charge is -2.09. The van der Waals surface area contributed by atoms with Crippen LogP contribution in [0, 0.1) is 5.92 Å². The first kappa shape index (κ1) is 13.4. The highest BCUT2D eigenvalue weighted by Crippen LogP contribution is 2.29. The zero-order valence-corrected chi connectivity index (χ0v) is 12.2. The summed E-state index contributed by atoms with van der Waals surface area (Å²) in [5.41, 5.74) is 10.2. The molecule has 0 fully saturated rings. The molecule has 0 radical (unpaired) electrons. The van der Waals surface area contributed by atoms with Gasteiger partial charge in [0.15, 0.2) is 5.76 Å². The van der Waals surface area contributed by atoms with Crippen LogP contribution in [-0.4, -0.2) is 4.98 Å². The summed E-state index contributed by atoms with van der Waals surface area (Å²) in [4.78, 5) is 4.35.